The molecule has 3 nitrogen and oxygen atoms in total. The van der Waals surface area contributed by atoms with Crippen molar-refractivity contribution in [2.45, 2.75) is 12.3 Å². The summed E-state index contributed by atoms with van der Waals surface area (Å²) in [5, 5.41) is 3.42. The topological polar surface area (TPSA) is 24.5 Å². The molecule has 0 bridgehead atoms. The normalized spacial score (nSPS) is 16.9. The first-order chi connectivity index (χ1) is 11.4. The van der Waals surface area contributed by atoms with Crippen molar-refractivity contribution < 1.29 is 4.74 Å². The van der Waals surface area contributed by atoms with E-state index in [1.54, 1.807) is 7.11 Å². The molecule has 3 heteroatoms. The molecule has 23 heavy (non-hydrogen) atoms. The van der Waals surface area contributed by atoms with Crippen molar-refractivity contribution in [2.24, 2.45) is 0 Å². The van der Waals surface area contributed by atoms with E-state index >= 15 is 0 Å². The second kappa shape index (κ2) is 8.14. The van der Waals surface area contributed by atoms with E-state index in [0.29, 0.717) is 5.92 Å². The van der Waals surface area contributed by atoms with Gasteiger partial charge in [-0.3, -0.25) is 0 Å². The van der Waals surface area contributed by atoms with Crippen LogP contribution in [0.15, 0.2) is 54.6 Å². The number of hydrogen-bond acceptors (Lipinski definition) is 3. The molecule has 0 aromatic heterocycles. The Kier molecular flexibility index (Phi) is 5.67. The Balaban J connectivity index is 1.75. The SMILES string of the molecule is COc1ccc(C(CCN2CCNCC2)c2ccccc2)cc1. The Morgan fingerprint density at radius 3 is 2.26 bits per heavy atom. The molecular weight excluding hydrogens is 284 g/mol. The molecule has 0 saturated carbocycles. The highest BCUT2D eigenvalue weighted by molar-refractivity contribution is 5.36. The van der Waals surface area contributed by atoms with E-state index in [1.807, 2.05) is 0 Å². The summed E-state index contributed by atoms with van der Waals surface area (Å²) in [4.78, 5) is 2.57. The zero-order valence-electron chi connectivity index (χ0n) is 13.9. The van der Waals surface area contributed by atoms with Gasteiger partial charge < -0.3 is 15.0 Å². The lowest BCUT2D eigenvalue weighted by Gasteiger charge is -2.29. The molecule has 0 radical (unpaired) electrons. The standard InChI is InChI=1S/C20H26N2O/c1-23-19-9-7-18(8-10-19)20(17-5-3-2-4-6-17)11-14-22-15-12-21-13-16-22/h2-10,20-21H,11-16H2,1H3. The molecule has 0 spiro atoms. The van der Waals surface area contributed by atoms with Gasteiger partial charge in [0, 0.05) is 32.1 Å². The van der Waals surface area contributed by atoms with Gasteiger partial charge in [0.1, 0.15) is 5.75 Å². The van der Waals surface area contributed by atoms with Gasteiger partial charge in [-0.1, -0.05) is 42.5 Å². The molecule has 122 valence electrons. The number of rotatable bonds is 6. The quantitative estimate of drug-likeness (QED) is 0.887. The summed E-state index contributed by atoms with van der Waals surface area (Å²) in [6.07, 6.45) is 1.15. The summed E-state index contributed by atoms with van der Waals surface area (Å²) in [5.41, 5.74) is 2.76. The van der Waals surface area contributed by atoms with Crippen molar-refractivity contribution in [2.75, 3.05) is 39.8 Å². The molecule has 2 aromatic rings. The number of methoxy groups -OCH3 is 1. The minimum Gasteiger partial charge on any atom is -0.497 e. The van der Waals surface area contributed by atoms with Crippen molar-refractivity contribution >= 4 is 0 Å². The molecule has 1 saturated heterocycles. The Morgan fingerprint density at radius 1 is 0.957 bits per heavy atom. The minimum atomic E-state index is 0.442. The number of nitrogens with one attached hydrogen (secondary N) is 1. The lowest BCUT2D eigenvalue weighted by atomic mass is 9.88. The smallest absolute Gasteiger partial charge is 0.118 e. The van der Waals surface area contributed by atoms with Crippen LogP contribution in [0, 0.1) is 0 Å². The Labute approximate surface area is 139 Å². The zero-order valence-corrected chi connectivity index (χ0v) is 13.9. The third-order valence-corrected chi connectivity index (χ3v) is 4.66. The van der Waals surface area contributed by atoms with Gasteiger partial charge in [-0.25, -0.2) is 0 Å². The van der Waals surface area contributed by atoms with Crippen LogP contribution < -0.4 is 10.1 Å². The Bertz CT molecular complexity index is 576. The molecule has 1 atom stereocenters. The summed E-state index contributed by atoms with van der Waals surface area (Å²) in [5.74, 6) is 1.36. The fourth-order valence-electron chi connectivity index (χ4n) is 3.29. The molecule has 1 heterocycles. The Morgan fingerprint density at radius 2 is 1.61 bits per heavy atom. The fraction of sp³-hybridized carbons (Fsp3) is 0.400. The molecule has 1 aliphatic heterocycles. The highest BCUT2D eigenvalue weighted by atomic mass is 16.5. The molecule has 1 unspecified atom stereocenters. The maximum atomic E-state index is 5.29. The van der Waals surface area contributed by atoms with Crippen LogP contribution in [0.25, 0.3) is 0 Å². The van der Waals surface area contributed by atoms with E-state index in [1.165, 1.54) is 11.1 Å². The average molecular weight is 310 g/mol. The second-order valence-corrected chi connectivity index (χ2v) is 6.12. The van der Waals surface area contributed by atoms with Gasteiger partial charge in [0.15, 0.2) is 0 Å². The first-order valence-electron chi connectivity index (χ1n) is 8.49. The Hall–Kier alpha value is -1.84. The third-order valence-electron chi connectivity index (χ3n) is 4.66. The number of piperazine rings is 1. The number of benzene rings is 2. The van der Waals surface area contributed by atoms with Crippen molar-refractivity contribution in [3.63, 3.8) is 0 Å². The van der Waals surface area contributed by atoms with Gasteiger partial charge in [0.2, 0.25) is 0 Å². The molecule has 1 fully saturated rings. The predicted molar refractivity (Wildman–Crippen MR) is 95.2 cm³/mol. The van der Waals surface area contributed by atoms with Crippen molar-refractivity contribution in [1.82, 2.24) is 10.2 Å². The van der Waals surface area contributed by atoms with Crippen LogP contribution in [0.2, 0.25) is 0 Å². The summed E-state index contributed by atoms with van der Waals surface area (Å²) in [6.45, 7) is 5.68. The van der Waals surface area contributed by atoms with Crippen molar-refractivity contribution in [3.8, 4) is 5.75 Å². The van der Waals surface area contributed by atoms with E-state index in [2.05, 4.69) is 64.8 Å². The van der Waals surface area contributed by atoms with Gasteiger partial charge in [0.05, 0.1) is 7.11 Å². The molecule has 3 rings (SSSR count). The van der Waals surface area contributed by atoms with Gasteiger partial charge >= 0.3 is 0 Å². The number of nitrogens with zero attached hydrogens (tertiary/aromatic N) is 1. The average Bonchev–Trinajstić information content (AvgIpc) is 2.64. The summed E-state index contributed by atoms with van der Waals surface area (Å²) in [6, 6.07) is 19.4. The maximum absolute atomic E-state index is 5.29. The van der Waals surface area contributed by atoms with Crippen LogP contribution in [0.1, 0.15) is 23.5 Å². The molecule has 0 amide bonds. The van der Waals surface area contributed by atoms with Crippen LogP contribution in [-0.2, 0) is 0 Å². The molecule has 0 aliphatic carbocycles. The van der Waals surface area contributed by atoms with E-state index in [0.717, 1.165) is 44.9 Å². The van der Waals surface area contributed by atoms with Crippen LogP contribution in [0.4, 0.5) is 0 Å². The molecule has 2 aromatic carbocycles. The van der Waals surface area contributed by atoms with Gasteiger partial charge in [-0.15, -0.1) is 0 Å². The summed E-state index contributed by atoms with van der Waals surface area (Å²) in [7, 11) is 1.72. The van der Waals surface area contributed by atoms with Crippen LogP contribution in [0.5, 0.6) is 5.75 Å². The fourth-order valence-corrected chi connectivity index (χ4v) is 3.29. The zero-order chi connectivity index (χ0) is 15.9. The molecule has 1 N–H and O–H groups in total. The lowest BCUT2D eigenvalue weighted by Crippen LogP contribution is -2.44. The first kappa shape index (κ1) is 16.0. The first-order valence-corrected chi connectivity index (χ1v) is 8.49. The van der Waals surface area contributed by atoms with Crippen molar-refractivity contribution in [1.29, 1.82) is 0 Å². The summed E-state index contributed by atoms with van der Waals surface area (Å²) >= 11 is 0. The summed E-state index contributed by atoms with van der Waals surface area (Å²) < 4.78 is 5.29. The van der Waals surface area contributed by atoms with E-state index in [4.69, 9.17) is 4.74 Å². The van der Waals surface area contributed by atoms with E-state index in [-0.39, 0.29) is 0 Å². The molecular formula is C20H26N2O. The largest absolute Gasteiger partial charge is 0.497 e. The third kappa shape index (κ3) is 4.34. The highest BCUT2D eigenvalue weighted by Crippen LogP contribution is 2.29. The van der Waals surface area contributed by atoms with E-state index in [9.17, 15) is 0 Å². The van der Waals surface area contributed by atoms with Crippen molar-refractivity contribution in [3.05, 3.63) is 65.7 Å². The number of ether oxygens (including phenoxy) is 1. The number of hydrogen-bond donors (Lipinski definition) is 1. The van der Waals surface area contributed by atoms with Gasteiger partial charge in [-0.2, -0.15) is 0 Å². The monoisotopic (exact) mass is 310 g/mol. The lowest BCUT2D eigenvalue weighted by molar-refractivity contribution is 0.235. The highest BCUT2D eigenvalue weighted by Gasteiger charge is 2.17. The second-order valence-electron chi connectivity index (χ2n) is 6.12. The molecule has 1 aliphatic rings. The van der Waals surface area contributed by atoms with Gasteiger partial charge in [0.25, 0.3) is 0 Å². The van der Waals surface area contributed by atoms with E-state index < -0.39 is 0 Å². The predicted octanol–water partition coefficient (Wildman–Crippen LogP) is 3.12. The van der Waals surface area contributed by atoms with Gasteiger partial charge in [-0.05, 0) is 36.2 Å². The minimum absolute atomic E-state index is 0.442. The van der Waals surface area contributed by atoms with Crippen LogP contribution in [-0.4, -0.2) is 44.7 Å². The van der Waals surface area contributed by atoms with Crippen LogP contribution in [0.3, 0.4) is 0 Å². The van der Waals surface area contributed by atoms with Crippen LogP contribution >= 0.6 is 0 Å². The maximum Gasteiger partial charge on any atom is 0.118 e.